The molecule has 0 saturated carbocycles. The minimum atomic E-state index is -1.16. The molecule has 224 valence electrons. The van der Waals surface area contributed by atoms with E-state index in [4.69, 9.17) is 18.9 Å². The average molecular weight is 598 g/mol. The number of fused-ring (bicyclic) bond motifs is 2. The minimum absolute atomic E-state index is 0.0146. The van der Waals surface area contributed by atoms with Gasteiger partial charge >= 0.3 is 0 Å². The Hall–Kier alpha value is -5.65. The van der Waals surface area contributed by atoms with Gasteiger partial charge in [0.15, 0.2) is 23.0 Å². The SMILES string of the molecule is COc1ccc([C@@H](C(=O)Nc2ccc3c(c2)OCO3)N(Cc2ccc(F)cc2)C(=O)Cn2nnc3ccccc32)cc1OC. The van der Waals surface area contributed by atoms with Gasteiger partial charge in [0.05, 0.1) is 19.7 Å². The van der Waals surface area contributed by atoms with Gasteiger partial charge in [0.1, 0.15) is 23.9 Å². The van der Waals surface area contributed by atoms with Crippen molar-refractivity contribution in [3.05, 3.63) is 102 Å². The van der Waals surface area contributed by atoms with Crippen LogP contribution in [0.25, 0.3) is 11.0 Å². The molecule has 12 heteroatoms. The van der Waals surface area contributed by atoms with E-state index in [0.717, 1.165) is 0 Å². The molecule has 0 fully saturated rings. The van der Waals surface area contributed by atoms with Crippen molar-refractivity contribution >= 4 is 28.5 Å². The average Bonchev–Trinajstić information content (AvgIpc) is 3.68. The standard InChI is InChI=1S/C32H28FN5O6/c1-41-26-13-9-21(15-28(26)42-2)31(32(40)34-23-12-14-27-29(16-23)44-19-43-27)37(17-20-7-10-22(33)11-8-20)30(39)18-38-25-6-4-3-5-24(25)35-36-38/h3-16,31H,17-19H2,1-2H3,(H,34,40)/t31-/m0/s1. The van der Waals surface area contributed by atoms with Crippen LogP contribution in [0.4, 0.5) is 10.1 Å². The van der Waals surface area contributed by atoms with E-state index in [1.165, 1.54) is 35.9 Å². The molecule has 0 spiro atoms. The lowest BCUT2D eigenvalue weighted by Crippen LogP contribution is -2.42. The lowest BCUT2D eigenvalue weighted by Gasteiger charge is -2.32. The van der Waals surface area contributed by atoms with Gasteiger partial charge in [0.25, 0.3) is 5.91 Å². The molecule has 1 aliphatic heterocycles. The third-order valence-corrected chi connectivity index (χ3v) is 7.22. The monoisotopic (exact) mass is 597 g/mol. The highest BCUT2D eigenvalue weighted by Gasteiger charge is 2.33. The summed E-state index contributed by atoms with van der Waals surface area (Å²) in [4.78, 5) is 29.9. The third-order valence-electron chi connectivity index (χ3n) is 7.22. The Labute approximate surface area is 251 Å². The summed E-state index contributed by atoms with van der Waals surface area (Å²) in [6.07, 6.45) is 0. The lowest BCUT2D eigenvalue weighted by molar-refractivity contribution is -0.140. The summed E-state index contributed by atoms with van der Waals surface area (Å²) in [6.45, 7) is -0.139. The zero-order valence-electron chi connectivity index (χ0n) is 23.9. The van der Waals surface area contributed by atoms with Crippen LogP contribution in [0.2, 0.25) is 0 Å². The molecule has 0 bridgehead atoms. The first kappa shape index (κ1) is 28.5. The van der Waals surface area contributed by atoms with Gasteiger partial charge < -0.3 is 29.2 Å². The van der Waals surface area contributed by atoms with Crippen LogP contribution in [-0.4, -0.2) is 52.7 Å². The zero-order chi connectivity index (χ0) is 30.6. The number of carbonyl (C=O) groups is 2. The smallest absolute Gasteiger partial charge is 0.251 e. The molecule has 1 aliphatic rings. The Morgan fingerprint density at radius 2 is 1.73 bits per heavy atom. The topological polar surface area (TPSA) is 117 Å². The largest absolute Gasteiger partial charge is 0.493 e. The molecular formula is C32H28FN5O6. The molecule has 1 N–H and O–H groups in total. The van der Waals surface area contributed by atoms with E-state index in [2.05, 4.69) is 15.6 Å². The number of rotatable bonds is 10. The number of halogens is 1. The van der Waals surface area contributed by atoms with Gasteiger partial charge in [0, 0.05) is 18.3 Å². The molecule has 11 nitrogen and oxygen atoms in total. The van der Waals surface area contributed by atoms with Crippen LogP contribution in [0.3, 0.4) is 0 Å². The number of para-hydroxylation sites is 1. The number of ether oxygens (including phenoxy) is 4. The molecule has 1 aromatic heterocycles. The molecule has 6 rings (SSSR count). The van der Waals surface area contributed by atoms with Gasteiger partial charge in [-0.25, -0.2) is 9.07 Å². The number of hydrogen-bond donors (Lipinski definition) is 1. The summed E-state index contributed by atoms with van der Waals surface area (Å²) in [5.41, 5.74) is 2.81. The summed E-state index contributed by atoms with van der Waals surface area (Å²) >= 11 is 0. The highest BCUT2D eigenvalue weighted by molar-refractivity contribution is 5.98. The van der Waals surface area contributed by atoms with Crippen molar-refractivity contribution in [1.29, 1.82) is 0 Å². The van der Waals surface area contributed by atoms with Crippen LogP contribution in [0.1, 0.15) is 17.2 Å². The molecule has 0 saturated heterocycles. The van der Waals surface area contributed by atoms with Crippen LogP contribution >= 0.6 is 0 Å². The molecule has 1 atom stereocenters. The number of carbonyl (C=O) groups excluding carboxylic acids is 2. The Balaban J connectivity index is 1.42. The molecule has 0 radical (unpaired) electrons. The maximum atomic E-state index is 14.2. The fraction of sp³-hybridized carbons (Fsp3) is 0.188. The number of nitrogens with one attached hydrogen (secondary N) is 1. The van der Waals surface area contributed by atoms with E-state index < -0.39 is 23.7 Å². The fourth-order valence-electron chi connectivity index (χ4n) is 5.04. The van der Waals surface area contributed by atoms with E-state index in [9.17, 15) is 14.0 Å². The number of amides is 2. The van der Waals surface area contributed by atoms with E-state index in [-0.39, 0.29) is 19.9 Å². The van der Waals surface area contributed by atoms with E-state index in [1.807, 2.05) is 18.2 Å². The van der Waals surface area contributed by atoms with Crippen LogP contribution in [-0.2, 0) is 22.7 Å². The lowest BCUT2D eigenvalue weighted by atomic mass is 10.0. The molecule has 44 heavy (non-hydrogen) atoms. The number of benzene rings is 4. The van der Waals surface area contributed by atoms with Crippen molar-refractivity contribution in [2.24, 2.45) is 0 Å². The Kier molecular flexibility index (Phi) is 7.96. The fourth-order valence-corrected chi connectivity index (χ4v) is 5.04. The van der Waals surface area contributed by atoms with Crippen molar-refractivity contribution in [2.75, 3.05) is 26.3 Å². The number of anilines is 1. The van der Waals surface area contributed by atoms with Gasteiger partial charge in [-0.3, -0.25) is 9.59 Å². The Morgan fingerprint density at radius 1 is 0.955 bits per heavy atom. The van der Waals surface area contributed by atoms with Gasteiger partial charge in [0.2, 0.25) is 12.7 Å². The van der Waals surface area contributed by atoms with Gasteiger partial charge in [-0.2, -0.15) is 0 Å². The summed E-state index contributed by atoms with van der Waals surface area (Å²) in [6, 6.07) is 21.9. The second kappa shape index (κ2) is 12.3. The molecule has 2 heterocycles. The summed E-state index contributed by atoms with van der Waals surface area (Å²) in [7, 11) is 2.99. The number of methoxy groups -OCH3 is 2. The van der Waals surface area contributed by atoms with Gasteiger partial charge in [-0.15, -0.1) is 5.10 Å². The molecule has 0 unspecified atom stereocenters. The highest BCUT2D eigenvalue weighted by Crippen LogP contribution is 2.36. The number of aromatic nitrogens is 3. The van der Waals surface area contributed by atoms with Gasteiger partial charge in [-0.05, 0) is 59.7 Å². The van der Waals surface area contributed by atoms with Crippen molar-refractivity contribution in [1.82, 2.24) is 19.9 Å². The second-order valence-electron chi connectivity index (χ2n) is 9.96. The first-order valence-electron chi connectivity index (χ1n) is 13.7. The minimum Gasteiger partial charge on any atom is -0.493 e. The second-order valence-corrected chi connectivity index (χ2v) is 9.96. The first-order chi connectivity index (χ1) is 21.4. The molecule has 4 aromatic carbocycles. The van der Waals surface area contributed by atoms with E-state index in [0.29, 0.717) is 50.8 Å². The Bertz CT molecular complexity index is 1830. The summed E-state index contributed by atoms with van der Waals surface area (Å²) < 4.78 is 37.1. The van der Waals surface area contributed by atoms with Crippen LogP contribution in [0.15, 0.2) is 84.9 Å². The zero-order valence-corrected chi connectivity index (χ0v) is 23.9. The maximum Gasteiger partial charge on any atom is 0.251 e. The molecule has 5 aromatic rings. The predicted molar refractivity (Wildman–Crippen MR) is 158 cm³/mol. The normalized spacial score (nSPS) is 12.5. The summed E-state index contributed by atoms with van der Waals surface area (Å²) in [5.74, 6) is 0.535. The third kappa shape index (κ3) is 5.82. The summed E-state index contributed by atoms with van der Waals surface area (Å²) in [5, 5.41) is 11.2. The number of nitrogens with zero attached hydrogens (tertiary/aromatic N) is 4. The molecular weight excluding hydrogens is 569 g/mol. The van der Waals surface area contributed by atoms with Crippen molar-refractivity contribution in [3.8, 4) is 23.0 Å². The predicted octanol–water partition coefficient (Wildman–Crippen LogP) is 4.73. The highest BCUT2D eigenvalue weighted by atomic mass is 19.1. The van der Waals surface area contributed by atoms with Crippen molar-refractivity contribution in [2.45, 2.75) is 19.1 Å². The van der Waals surface area contributed by atoms with Crippen LogP contribution < -0.4 is 24.3 Å². The maximum absolute atomic E-state index is 14.2. The quantitative estimate of drug-likeness (QED) is 0.246. The van der Waals surface area contributed by atoms with E-state index in [1.54, 1.807) is 54.6 Å². The van der Waals surface area contributed by atoms with Gasteiger partial charge in [-0.1, -0.05) is 35.5 Å². The van der Waals surface area contributed by atoms with E-state index >= 15 is 0 Å². The van der Waals surface area contributed by atoms with Crippen molar-refractivity contribution in [3.63, 3.8) is 0 Å². The van der Waals surface area contributed by atoms with Crippen LogP contribution in [0, 0.1) is 5.82 Å². The molecule has 0 aliphatic carbocycles. The number of hydrogen-bond acceptors (Lipinski definition) is 8. The first-order valence-corrected chi connectivity index (χ1v) is 13.7. The van der Waals surface area contributed by atoms with Crippen molar-refractivity contribution < 1.29 is 32.9 Å². The Morgan fingerprint density at radius 3 is 2.52 bits per heavy atom. The van der Waals surface area contributed by atoms with Crippen LogP contribution in [0.5, 0.6) is 23.0 Å². The molecule has 2 amide bonds.